The van der Waals surface area contributed by atoms with E-state index in [9.17, 15) is 23.1 Å². The molecule has 9 nitrogen and oxygen atoms in total. The lowest BCUT2D eigenvalue weighted by molar-refractivity contribution is -0.137. The summed E-state index contributed by atoms with van der Waals surface area (Å²) in [5.74, 6) is 0.720. The molecule has 0 saturated carbocycles. The molecule has 1 atom stereocenters. The Balaban J connectivity index is 1.35. The molecule has 0 bridgehead atoms. The number of imidazole rings is 1. The zero-order valence-corrected chi connectivity index (χ0v) is 22.1. The van der Waals surface area contributed by atoms with Crippen molar-refractivity contribution in [1.29, 1.82) is 0 Å². The van der Waals surface area contributed by atoms with Gasteiger partial charge in [0.05, 0.1) is 16.7 Å². The molecule has 2 aromatic carbocycles. The van der Waals surface area contributed by atoms with E-state index in [4.69, 9.17) is 16.0 Å². The maximum atomic E-state index is 13.2. The number of hydrogen-bond acceptors (Lipinski definition) is 7. The largest absolute Gasteiger partial charge is 0.451 e. The Kier molecular flexibility index (Phi) is 7.77. The van der Waals surface area contributed by atoms with Crippen molar-refractivity contribution in [2.75, 3.05) is 17.2 Å². The van der Waals surface area contributed by atoms with Crippen molar-refractivity contribution in [1.82, 2.24) is 19.5 Å². The van der Waals surface area contributed by atoms with Crippen LogP contribution < -0.4 is 10.6 Å². The number of hydrogen-bond donors (Lipinski definition) is 3. The number of aliphatic hydroxyl groups is 1. The Morgan fingerprint density at radius 2 is 1.93 bits per heavy atom. The normalized spacial score (nSPS) is 12.2. The van der Waals surface area contributed by atoms with Crippen molar-refractivity contribution in [3.05, 3.63) is 95.6 Å². The summed E-state index contributed by atoms with van der Waals surface area (Å²) in [5, 5.41) is 15.2. The topological polar surface area (TPSA) is 118 Å². The Hall–Kier alpha value is -4.68. The van der Waals surface area contributed by atoms with Crippen LogP contribution in [0, 0.1) is 0 Å². The van der Waals surface area contributed by atoms with E-state index < -0.39 is 23.8 Å². The highest BCUT2D eigenvalue weighted by Crippen LogP contribution is 2.36. The van der Waals surface area contributed by atoms with Gasteiger partial charge in [0, 0.05) is 41.9 Å². The van der Waals surface area contributed by atoms with Crippen LogP contribution in [-0.4, -0.2) is 43.2 Å². The molecule has 13 heteroatoms. The van der Waals surface area contributed by atoms with E-state index in [0.717, 1.165) is 18.2 Å². The monoisotopic (exact) mass is 582 g/mol. The van der Waals surface area contributed by atoms with Crippen molar-refractivity contribution in [3.8, 4) is 28.5 Å². The minimum absolute atomic E-state index is 0.0170. The number of furan rings is 1. The molecule has 0 saturated heterocycles. The van der Waals surface area contributed by atoms with Crippen LogP contribution in [-0.2, 0) is 6.18 Å². The average Bonchev–Trinajstić information content (AvgIpc) is 3.63. The molecule has 210 valence electrons. The fraction of sp³-hybridized carbons (Fsp3) is 0.143. The summed E-state index contributed by atoms with van der Waals surface area (Å²) in [6.07, 6.45) is -0.219. The van der Waals surface area contributed by atoms with Crippen LogP contribution in [0.5, 0.6) is 0 Å². The lowest BCUT2D eigenvalue weighted by atomic mass is 10.1. The van der Waals surface area contributed by atoms with Crippen LogP contribution >= 0.6 is 11.6 Å². The molecule has 3 aromatic heterocycles. The van der Waals surface area contributed by atoms with Gasteiger partial charge in [-0.3, -0.25) is 9.36 Å². The van der Waals surface area contributed by atoms with E-state index in [2.05, 4.69) is 25.6 Å². The van der Waals surface area contributed by atoms with E-state index >= 15 is 0 Å². The number of aromatic nitrogens is 4. The van der Waals surface area contributed by atoms with Gasteiger partial charge in [-0.2, -0.15) is 18.2 Å². The van der Waals surface area contributed by atoms with Crippen molar-refractivity contribution in [2.24, 2.45) is 0 Å². The van der Waals surface area contributed by atoms with Gasteiger partial charge in [-0.25, -0.2) is 9.97 Å². The van der Waals surface area contributed by atoms with Gasteiger partial charge in [0.1, 0.15) is 17.4 Å². The minimum atomic E-state index is -4.56. The molecule has 3 heterocycles. The number of alkyl halides is 3. The molecule has 3 N–H and O–H groups in total. The molecule has 5 rings (SSSR count). The number of rotatable bonds is 8. The van der Waals surface area contributed by atoms with Crippen molar-refractivity contribution >= 4 is 29.1 Å². The first-order valence-electron chi connectivity index (χ1n) is 12.3. The van der Waals surface area contributed by atoms with Gasteiger partial charge >= 0.3 is 6.18 Å². The summed E-state index contributed by atoms with van der Waals surface area (Å²) in [7, 11) is 0. The second-order valence-corrected chi connectivity index (χ2v) is 9.39. The summed E-state index contributed by atoms with van der Waals surface area (Å²) in [6, 6.07) is 14.2. The molecule has 5 aromatic rings. The lowest BCUT2D eigenvalue weighted by Crippen LogP contribution is -2.17. The molecule has 41 heavy (non-hydrogen) atoms. The zero-order valence-electron chi connectivity index (χ0n) is 21.4. The molecule has 0 fully saturated rings. The molecule has 0 unspecified atom stereocenters. The van der Waals surface area contributed by atoms with Crippen LogP contribution in [0.3, 0.4) is 0 Å². The molecule has 0 aliphatic rings. The quantitative estimate of drug-likeness (QED) is 0.196. The number of nitrogens with one attached hydrogen (secondary N) is 2. The Morgan fingerprint density at radius 1 is 1.10 bits per heavy atom. The highest BCUT2D eigenvalue weighted by molar-refractivity contribution is 6.33. The average molecular weight is 583 g/mol. The van der Waals surface area contributed by atoms with Crippen LogP contribution in [0.15, 0.2) is 83.7 Å². The Morgan fingerprint density at radius 3 is 2.71 bits per heavy atom. The highest BCUT2D eigenvalue weighted by Gasteiger charge is 2.31. The van der Waals surface area contributed by atoms with Gasteiger partial charge in [-0.1, -0.05) is 23.7 Å². The number of amides is 1. The van der Waals surface area contributed by atoms with E-state index in [0.29, 0.717) is 28.8 Å². The van der Waals surface area contributed by atoms with Gasteiger partial charge in [0.2, 0.25) is 5.95 Å². The third kappa shape index (κ3) is 6.39. The molecule has 0 radical (unpaired) electrons. The standard InChI is InChI=1S/C28H22ClF3N6O3/c1-16(39)15-35-27-34-10-9-24(37-27)38-12-11-33-25(38)17-3-2-4-19(13-17)36-26(40)23-8-7-22(41-23)20-14-18(28(30,31)32)5-6-21(20)29/h2-14,16,39H,15H2,1H3,(H,36,40)(H,34,35,37)/t16-/m0/s1. The van der Waals surface area contributed by atoms with Gasteiger partial charge < -0.3 is 20.2 Å². The molecule has 0 aliphatic carbocycles. The van der Waals surface area contributed by atoms with E-state index in [1.807, 2.05) is 6.07 Å². The second kappa shape index (κ2) is 11.4. The molecular formula is C28H22ClF3N6O3. The summed E-state index contributed by atoms with van der Waals surface area (Å²) in [6.45, 7) is 1.93. The van der Waals surface area contributed by atoms with Crippen LogP contribution in [0.4, 0.5) is 24.8 Å². The molecule has 0 aliphatic heterocycles. The van der Waals surface area contributed by atoms with E-state index in [-0.39, 0.29) is 28.7 Å². The number of aliphatic hydroxyl groups excluding tert-OH is 1. The second-order valence-electron chi connectivity index (χ2n) is 8.98. The predicted octanol–water partition coefficient (Wildman–Crippen LogP) is 6.31. The molecule has 1 amide bonds. The summed E-state index contributed by atoms with van der Waals surface area (Å²) in [5.41, 5.74) is 0.229. The Labute approximate surface area is 236 Å². The van der Waals surface area contributed by atoms with E-state index in [1.54, 1.807) is 54.3 Å². The summed E-state index contributed by atoms with van der Waals surface area (Å²) >= 11 is 6.10. The number of carbonyl (C=O) groups is 1. The minimum Gasteiger partial charge on any atom is -0.451 e. The predicted molar refractivity (Wildman–Crippen MR) is 147 cm³/mol. The van der Waals surface area contributed by atoms with Crippen molar-refractivity contribution in [3.63, 3.8) is 0 Å². The maximum Gasteiger partial charge on any atom is 0.416 e. The first-order chi connectivity index (χ1) is 19.6. The van der Waals surface area contributed by atoms with Crippen LogP contribution in [0.1, 0.15) is 23.0 Å². The highest BCUT2D eigenvalue weighted by atomic mass is 35.5. The SMILES string of the molecule is C[C@H](O)CNc1nccc(-n2ccnc2-c2cccc(NC(=O)c3ccc(-c4cc(C(F)(F)F)ccc4Cl)o3)c2)n1. The zero-order chi connectivity index (χ0) is 29.1. The summed E-state index contributed by atoms with van der Waals surface area (Å²) in [4.78, 5) is 26.0. The number of carbonyl (C=O) groups excluding carboxylic acids is 1. The third-order valence-corrected chi connectivity index (χ3v) is 6.18. The van der Waals surface area contributed by atoms with Crippen LogP contribution in [0.2, 0.25) is 5.02 Å². The fourth-order valence-electron chi connectivity index (χ4n) is 3.93. The fourth-order valence-corrected chi connectivity index (χ4v) is 4.14. The van der Waals surface area contributed by atoms with E-state index in [1.165, 1.54) is 12.1 Å². The smallest absolute Gasteiger partial charge is 0.416 e. The van der Waals surface area contributed by atoms with Crippen molar-refractivity contribution < 1.29 is 27.5 Å². The molecular weight excluding hydrogens is 561 g/mol. The van der Waals surface area contributed by atoms with Crippen LogP contribution in [0.25, 0.3) is 28.5 Å². The van der Waals surface area contributed by atoms with Crippen molar-refractivity contribution in [2.45, 2.75) is 19.2 Å². The number of benzene rings is 2. The first kappa shape index (κ1) is 27.9. The van der Waals surface area contributed by atoms with Gasteiger partial charge in [-0.15, -0.1) is 0 Å². The number of anilines is 2. The number of nitrogens with zero attached hydrogens (tertiary/aromatic N) is 4. The van der Waals surface area contributed by atoms with Gasteiger partial charge in [0.25, 0.3) is 5.91 Å². The Bertz CT molecular complexity index is 1700. The maximum absolute atomic E-state index is 13.2. The number of halogens is 4. The summed E-state index contributed by atoms with van der Waals surface area (Å²) < 4.78 is 46.8. The first-order valence-corrected chi connectivity index (χ1v) is 12.6. The molecule has 0 spiro atoms. The lowest BCUT2D eigenvalue weighted by Gasteiger charge is -2.11. The third-order valence-electron chi connectivity index (χ3n) is 5.85. The van der Waals surface area contributed by atoms with Gasteiger partial charge in [0.15, 0.2) is 5.76 Å². The van der Waals surface area contributed by atoms with Gasteiger partial charge in [-0.05, 0) is 55.5 Å².